The molecule has 4 aliphatic rings. The number of amides is 1. The van der Waals surface area contributed by atoms with Gasteiger partial charge in [0.05, 0.1) is 6.20 Å². The van der Waals surface area contributed by atoms with Crippen LogP contribution in [0.5, 0.6) is 0 Å². The Labute approximate surface area is 194 Å². The van der Waals surface area contributed by atoms with Crippen LogP contribution in [0.1, 0.15) is 78.8 Å². The Kier molecular flexibility index (Phi) is 4.45. The Balaban J connectivity index is 1.22. The maximum Gasteiger partial charge on any atom is 0.256 e. The van der Waals surface area contributed by atoms with Crippen LogP contribution in [0.3, 0.4) is 0 Å². The summed E-state index contributed by atoms with van der Waals surface area (Å²) < 4.78 is 0. The van der Waals surface area contributed by atoms with Gasteiger partial charge < -0.3 is 5.32 Å². The Bertz CT molecular complexity index is 1200. The van der Waals surface area contributed by atoms with Gasteiger partial charge in [0.25, 0.3) is 5.91 Å². The minimum Gasteiger partial charge on any atom is -0.321 e. The van der Waals surface area contributed by atoms with Crippen LogP contribution in [0.25, 0.3) is 10.8 Å². The van der Waals surface area contributed by atoms with Gasteiger partial charge in [-0.3, -0.25) is 14.8 Å². The SMILES string of the molecule is O=C1Nc2ccc(C(c3cn[nH]c3)C3CCN(C4CCCC45CCC5)CC3)c3cccc1c23. The molecular formula is C28H32N4O. The van der Waals surface area contributed by atoms with Crippen molar-refractivity contribution < 1.29 is 4.79 Å². The number of hydrogen-bond acceptors (Lipinski definition) is 3. The molecule has 2 N–H and O–H groups in total. The van der Waals surface area contributed by atoms with Crippen LogP contribution in [0.15, 0.2) is 42.7 Å². The van der Waals surface area contributed by atoms with E-state index in [4.69, 9.17) is 0 Å². The van der Waals surface area contributed by atoms with Gasteiger partial charge in [-0.05, 0) is 91.6 Å². The minimum absolute atomic E-state index is 0.0161. The molecule has 2 atom stereocenters. The highest BCUT2D eigenvalue weighted by Crippen LogP contribution is 2.55. The fourth-order valence-electron chi connectivity index (χ4n) is 7.79. The number of carbonyl (C=O) groups is 1. The van der Waals surface area contributed by atoms with Crippen molar-refractivity contribution in [2.24, 2.45) is 11.3 Å². The Morgan fingerprint density at radius 3 is 2.64 bits per heavy atom. The van der Waals surface area contributed by atoms with Crippen LogP contribution in [0.2, 0.25) is 0 Å². The molecule has 1 spiro atoms. The highest BCUT2D eigenvalue weighted by Gasteiger charge is 2.49. The molecule has 170 valence electrons. The number of aromatic nitrogens is 2. The first-order valence-electron chi connectivity index (χ1n) is 12.8. The molecule has 7 rings (SSSR count). The molecule has 5 nitrogen and oxygen atoms in total. The van der Waals surface area contributed by atoms with Crippen molar-refractivity contribution in [1.82, 2.24) is 15.1 Å². The molecule has 1 saturated heterocycles. The van der Waals surface area contributed by atoms with E-state index < -0.39 is 0 Å². The molecule has 2 aromatic carbocycles. The van der Waals surface area contributed by atoms with Gasteiger partial charge in [0.2, 0.25) is 0 Å². The second-order valence-corrected chi connectivity index (χ2v) is 10.9. The molecule has 2 aliphatic carbocycles. The molecule has 2 unspecified atom stereocenters. The van der Waals surface area contributed by atoms with E-state index >= 15 is 0 Å². The smallest absolute Gasteiger partial charge is 0.256 e. The lowest BCUT2D eigenvalue weighted by molar-refractivity contribution is 0.00425. The lowest BCUT2D eigenvalue weighted by atomic mass is 9.64. The van der Waals surface area contributed by atoms with Gasteiger partial charge in [-0.2, -0.15) is 5.10 Å². The van der Waals surface area contributed by atoms with Crippen LogP contribution in [0.4, 0.5) is 5.69 Å². The molecule has 3 aromatic rings. The number of anilines is 1. The van der Waals surface area contributed by atoms with E-state index in [0.717, 1.165) is 22.7 Å². The number of benzene rings is 2. The predicted molar refractivity (Wildman–Crippen MR) is 131 cm³/mol. The van der Waals surface area contributed by atoms with Gasteiger partial charge in [-0.15, -0.1) is 0 Å². The van der Waals surface area contributed by atoms with Crippen molar-refractivity contribution in [2.75, 3.05) is 18.4 Å². The topological polar surface area (TPSA) is 61.0 Å². The molecule has 1 aromatic heterocycles. The zero-order chi connectivity index (χ0) is 22.0. The number of rotatable bonds is 4. The first kappa shape index (κ1) is 19.8. The molecule has 2 saturated carbocycles. The van der Waals surface area contributed by atoms with E-state index in [1.165, 1.54) is 81.0 Å². The molecule has 1 amide bonds. The quantitative estimate of drug-likeness (QED) is 0.547. The van der Waals surface area contributed by atoms with E-state index in [9.17, 15) is 4.79 Å². The van der Waals surface area contributed by atoms with Gasteiger partial charge in [0, 0.05) is 34.8 Å². The van der Waals surface area contributed by atoms with Gasteiger partial charge in [-0.1, -0.05) is 31.0 Å². The average molecular weight is 441 g/mol. The Morgan fingerprint density at radius 2 is 1.88 bits per heavy atom. The summed E-state index contributed by atoms with van der Waals surface area (Å²) in [5.41, 5.74) is 5.01. The summed E-state index contributed by atoms with van der Waals surface area (Å²) in [4.78, 5) is 15.3. The summed E-state index contributed by atoms with van der Waals surface area (Å²) in [6.07, 6.45) is 15.2. The summed E-state index contributed by atoms with van der Waals surface area (Å²) in [6.45, 7) is 2.43. The van der Waals surface area contributed by atoms with Gasteiger partial charge in [-0.25, -0.2) is 0 Å². The number of aromatic amines is 1. The van der Waals surface area contributed by atoms with Gasteiger partial charge in [0.15, 0.2) is 0 Å². The van der Waals surface area contributed by atoms with E-state index in [-0.39, 0.29) is 5.91 Å². The molecular weight excluding hydrogens is 408 g/mol. The largest absolute Gasteiger partial charge is 0.321 e. The second kappa shape index (κ2) is 7.42. The third kappa shape index (κ3) is 2.94. The van der Waals surface area contributed by atoms with Crippen molar-refractivity contribution in [1.29, 1.82) is 0 Å². The Hall–Kier alpha value is -2.66. The fourth-order valence-corrected chi connectivity index (χ4v) is 7.79. The van der Waals surface area contributed by atoms with Gasteiger partial charge >= 0.3 is 0 Å². The van der Waals surface area contributed by atoms with Crippen LogP contribution in [-0.4, -0.2) is 40.1 Å². The summed E-state index contributed by atoms with van der Waals surface area (Å²) >= 11 is 0. The van der Waals surface area contributed by atoms with Crippen molar-refractivity contribution in [2.45, 2.75) is 63.3 Å². The van der Waals surface area contributed by atoms with Crippen LogP contribution < -0.4 is 5.32 Å². The summed E-state index contributed by atoms with van der Waals surface area (Å²) in [6, 6.07) is 11.3. The lowest BCUT2D eigenvalue weighted by Crippen LogP contribution is -2.51. The number of nitrogens with one attached hydrogen (secondary N) is 2. The summed E-state index contributed by atoms with van der Waals surface area (Å²) in [5.74, 6) is 0.897. The highest BCUT2D eigenvalue weighted by molar-refractivity contribution is 6.24. The third-order valence-corrected chi connectivity index (χ3v) is 9.48. The zero-order valence-corrected chi connectivity index (χ0v) is 19.1. The molecule has 0 bridgehead atoms. The summed E-state index contributed by atoms with van der Waals surface area (Å²) in [5, 5.41) is 12.7. The third-order valence-electron chi connectivity index (χ3n) is 9.48. The number of likely N-dealkylation sites (tertiary alicyclic amines) is 1. The number of carbonyl (C=O) groups excluding carboxylic acids is 1. The first-order valence-corrected chi connectivity index (χ1v) is 12.8. The molecule has 33 heavy (non-hydrogen) atoms. The number of piperidine rings is 1. The van der Waals surface area contributed by atoms with Crippen molar-refractivity contribution >= 4 is 22.4 Å². The van der Waals surface area contributed by atoms with E-state index in [1.54, 1.807) is 0 Å². The van der Waals surface area contributed by atoms with Gasteiger partial charge in [0.1, 0.15) is 0 Å². The molecule has 0 radical (unpaired) electrons. The zero-order valence-electron chi connectivity index (χ0n) is 19.1. The highest BCUT2D eigenvalue weighted by atomic mass is 16.1. The minimum atomic E-state index is 0.0161. The monoisotopic (exact) mass is 440 g/mol. The van der Waals surface area contributed by atoms with E-state index in [2.05, 4.69) is 44.8 Å². The van der Waals surface area contributed by atoms with Crippen molar-refractivity contribution in [3.63, 3.8) is 0 Å². The van der Waals surface area contributed by atoms with Crippen molar-refractivity contribution in [3.8, 4) is 0 Å². The van der Waals surface area contributed by atoms with E-state index in [1.807, 2.05) is 18.3 Å². The van der Waals surface area contributed by atoms with Crippen molar-refractivity contribution in [3.05, 3.63) is 59.4 Å². The molecule has 3 fully saturated rings. The first-order chi connectivity index (χ1) is 16.2. The van der Waals surface area contributed by atoms with Crippen LogP contribution in [-0.2, 0) is 0 Å². The Morgan fingerprint density at radius 1 is 1.03 bits per heavy atom. The average Bonchev–Trinajstić information content (AvgIpc) is 3.56. The van der Waals surface area contributed by atoms with Crippen LogP contribution in [0, 0.1) is 11.3 Å². The predicted octanol–water partition coefficient (Wildman–Crippen LogP) is 5.70. The normalized spacial score (nSPS) is 25.5. The number of H-pyrrole nitrogens is 1. The second-order valence-electron chi connectivity index (χ2n) is 10.9. The fraction of sp³-hybridized carbons (Fsp3) is 0.500. The molecule has 2 aliphatic heterocycles. The summed E-state index contributed by atoms with van der Waals surface area (Å²) in [7, 11) is 0. The molecule has 5 heteroatoms. The standard InChI is InChI=1S/C28H32N4O/c33-27-22-5-1-4-20-21(7-8-23(31-27)26(20)22)25(19-16-29-30-17-19)18-9-14-32(15-10-18)24-6-2-11-28(24)12-3-13-28/h1,4-5,7-8,16-18,24-25H,2-3,6,9-15H2,(H,29,30)(H,31,33). The molecule has 3 heterocycles. The lowest BCUT2D eigenvalue weighted by Gasteiger charge is -2.50. The van der Waals surface area contributed by atoms with Crippen LogP contribution >= 0.6 is 0 Å². The number of hydrogen-bond donors (Lipinski definition) is 2. The maximum atomic E-state index is 12.5. The number of nitrogens with zero attached hydrogens (tertiary/aromatic N) is 2. The maximum absolute atomic E-state index is 12.5. The van der Waals surface area contributed by atoms with E-state index in [0.29, 0.717) is 17.3 Å².